The molecule has 500 valence electrons. The van der Waals surface area contributed by atoms with Gasteiger partial charge in [0, 0.05) is 0 Å². The molecule has 0 amide bonds. The van der Waals surface area contributed by atoms with E-state index in [0.29, 0.717) is 90.8 Å². The molecule has 88 heavy (non-hydrogen) atoms. The van der Waals surface area contributed by atoms with Crippen molar-refractivity contribution in [2.75, 3.05) is 39.6 Å². The van der Waals surface area contributed by atoms with Crippen molar-refractivity contribution in [2.24, 2.45) is 35.5 Å². The lowest BCUT2D eigenvalue weighted by Gasteiger charge is -2.15. The number of carbonyl (C=O) groups is 6. The molecule has 3 atom stereocenters. The second-order valence-corrected chi connectivity index (χ2v) is 25.0. The molecule has 0 saturated carbocycles. The summed E-state index contributed by atoms with van der Waals surface area (Å²) in [5, 5.41) is 0. The van der Waals surface area contributed by atoms with Gasteiger partial charge in [0.1, 0.15) is 0 Å². The average molecular weight is 1230 g/mol. The van der Waals surface area contributed by atoms with Crippen molar-refractivity contribution in [1.82, 2.24) is 0 Å². The first-order valence-electron chi connectivity index (χ1n) is 34.3. The minimum Gasteiger partial charge on any atom is -0.462 e. The molecule has 12 nitrogen and oxygen atoms in total. The Kier molecular flexibility index (Phi) is 50.0. The Morgan fingerprint density at radius 1 is 0.295 bits per heavy atom. The minimum atomic E-state index is -0.379. The number of unbranched alkanes of at least 4 members (excludes halogenated alkanes) is 12. The van der Waals surface area contributed by atoms with E-state index in [4.69, 9.17) is 28.4 Å². The monoisotopic (exact) mass is 1230 g/mol. The molecule has 0 radical (unpaired) electrons. The summed E-state index contributed by atoms with van der Waals surface area (Å²) in [6, 6.07) is 19.9. The Morgan fingerprint density at radius 2 is 0.511 bits per heavy atom. The zero-order valence-electron chi connectivity index (χ0n) is 56.6. The van der Waals surface area contributed by atoms with E-state index in [1.54, 1.807) is 72.8 Å². The van der Waals surface area contributed by atoms with E-state index >= 15 is 0 Å². The second kappa shape index (κ2) is 53.3. The zero-order chi connectivity index (χ0) is 64.5. The van der Waals surface area contributed by atoms with Crippen LogP contribution in [-0.2, 0) is 28.4 Å². The average Bonchev–Trinajstić information content (AvgIpc) is 3.45. The highest BCUT2D eigenvalue weighted by molar-refractivity contribution is 5.97. The predicted octanol–water partition coefficient (Wildman–Crippen LogP) is 21.1. The molecule has 0 saturated heterocycles. The van der Waals surface area contributed by atoms with Crippen molar-refractivity contribution in [2.45, 2.75) is 264 Å². The van der Waals surface area contributed by atoms with Gasteiger partial charge >= 0.3 is 35.8 Å². The number of benzene rings is 3. The topological polar surface area (TPSA) is 158 Å². The van der Waals surface area contributed by atoms with Crippen LogP contribution < -0.4 is 0 Å². The predicted molar refractivity (Wildman–Crippen MR) is 361 cm³/mol. The molecule has 0 aromatic heterocycles. The third kappa shape index (κ3) is 40.9. The molecule has 3 aromatic carbocycles. The van der Waals surface area contributed by atoms with Crippen molar-refractivity contribution in [3.8, 4) is 0 Å². The van der Waals surface area contributed by atoms with Crippen LogP contribution in [-0.4, -0.2) is 75.5 Å². The van der Waals surface area contributed by atoms with Crippen LogP contribution in [0.2, 0.25) is 0 Å². The first-order valence-corrected chi connectivity index (χ1v) is 34.3. The van der Waals surface area contributed by atoms with Crippen LogP contribution in [0.3, 0.4) is 0 Å². The SMILES string of the molecule is C.CC(C)CCCCCCOC(=O)c1cccc(C(=O)OCCCCCCC(C)C)c1.CCCCC(CC)COC(=O)c1cccc(C(=O)OCC(CC)CCCC)c1.CCCCC(CC)COC(=O)c1cccc(C(=O)OCCCCCCC(C)C)c1. The summed E-state index contributed by atoms with van der Waals surface area (Å²) in [4.78, 5) is 73.8. The molecule has 0 aliphatic heterocycles. The Hall–Kier alpha value is -5.52. The lowest BCUT2D eigenvalue weighted by atomic mass is 10.0. The van der Waals surface area contributed by atoms with Gasteiger partial charge in [-0.15, -0.1) is 0 Å². The van der Waals surface area contributed by atoms with Crippen molar-refractivity contribution in [3.63, 3.8) is 0 Å². The van der Waals surface area contributed by atoms with Gasteiger partial charge in [0.15, 0.2) is 0 Å². The lowest BCUT2D eigenvalue weighted by molar-refractivity contribution is 0.0413. The molecule has 0 N–H and O–H groups in total. The Bertz CT molecular complexity index is 2190. The normalized spacial score (nSPS) is 11.9. The molecule has 0 aliphatic carbocycles. The van der Waals surface area contributed by atoms with E-state index in [9.17, 15) is 28.8 Å². The maximum Gasteiger partial charge on any atom is 0.338 e. The molecule has 0 spiro atoms. The molecule has 12 heteroatoms. The van der Waals surface area contributed by atoms with Gasteiger partial charge in [-0.25, -0.2) is 28.8 Å². The number of rotatable bonds is 45. The van der Waals surface area contributed by atoms with Gasteiger partial charge in [-0.05, 0) is 129 Å². The summed E-state index contributed by atoms with van der Waals surface area (Å²) >= 11 is 0. The van der Waals surface area contributed by atoms with E-state index in [0.717, 1.165) is 133 Å². The van der Waals surface area contributed by atoms with Crippen LogP contribution in [0.15, 0.2) is 72.8 Å². The van der Waals surface area contributed by atoms with Gasteiger partial charge in [-0.2, -0.15) is 0 Å². The molecule has 3 unspecified atom stereocenters. The minimum absolute atomic E-state index is 0. The maximum atomic E-state index is 12.4. The van der Waals surface area contributed by atoms with E-state index in [-0.39, 0.29) is 43.2 Å². The summed E-state index contributed by atoms with van der Waals surface area (Å²) in [5.41, 5.74) is 2.40. The van der Waals surface area contributed by atoms with Crippen LogP contribution in [0.1, 0.15) is 326 Å². The van der Waals surface area contributed by atoms with Crippen LogP contribution >= 0.6 is 0 Å². The lowest BCUT2D eigenvalue weighted by Crippen LogP contribution is -2.16. The van der Waals surface area contributed by atoms with Crippen molar-refractivity contribution >= 4 is 35.8 Å². The molecular weight excluding hydrogens is 1100 g/mol. The first kappa shape index (κ1) is 82.5. The zero-order valence-corrected chi connectivity index (χ0v) is 56.6. The second-order valence-electron chi connectivity index (χ2n) is 25.0. The Labute approximate surface area is 535 Å². The summed E-state index contributed by atoms with van der Waals surface area (Å²) in [6.07, 6.45) is 29.9. The first-order chi connectivity index (χ1) is 41.9. The van der Waals surface area contributed by atoms with Crippen LogP contribution in [0.4, 0.5) is 0 Å². The third-order valence-corrected chi connectivity index (χ3v) is 15.7. The maximum absolute atomic E-state index is 12.4. The molecule has 0 fully saturated rings. The van der Waals surface area contributed by atoms with Crippen molar-refractivity contribution < 1.29 is 57.2 Å². The van der Waals surface area contributed by atoms with Crippen LogP contribution in [0.25, 0.3) is 0 Å². The molecule has 3 rings (SSSR count). The number of hydrogen-bond donors (Lipinski definition) is 0. The summed E-state index contributed by atoms with van der Waals surface area (Å²) in [5.74, 6) is 1.16. The quantitative estimate of drug-likeness (QED) is 0.0300. The van der Waals surface area contributed by atoms with Gasteiger partial charge in [0.05, 0.1) is 73.0 Å². The number of ether oxygens (including phenoxy) is 6. The molecule has 0 aliphatic rings. The highest BCUT2D eigenvalue weighted by atomic mass is 16.6. The number of esters is 6. The number of carbonyl (C=O) groups excluding carboxylic acids is 6. The Morgan fingerprint density at radius 3 is 0.716 bits per heavy atom. The largest absolute Gasteiger partial charge is 0.462 e. The van der Waals surface area contributed by atoms with E-state index in [2.05, 4.69) is 83.1 Å². The smallest absolute Gasteiger partial charge is 0.338 e. The summed E-state index contributed by atoms with van der Waals surface area (Å²) in [6.45, 7) is 28.8. The molecule has 3 aromatic rings. The highest BCUT2D eigenvalue weighted by Crippen LogP contribution is 2.20. The Balaban J connectivity index is 0.00000128. The fourth-order valence-electron chi connectivity index (χ4n) is 9.61. The molecule has 0 heterocycles. The van der Waals surface area contributed by atoms with Gasteiger partial charge < -0.3 is 28.4 Å². The van der Waals surface area contributed by atoms with Crippen LogP contribution in [0.5, 0.6) is 0 Å². The summed E-state index contributed by atoms with van der Waals surface area (Å²) in [7, 11) is 0. The fraction of sp³-hybridized carbons (Fsp3) is 0.684. The van der Waals surface area contributed by atoms with E-state index in [1.807, 2.05) is 0 Å². The standard InChI is InChI=1S/C26H42O4.C25H40O4.C24H38O4.CH4/c1-21(2)14-9-5-7-11-18-29-25(27)23-16-13-17-24(20-23)26(28)30-19-12-8-6-10-15-22(3)4;1-5-7-14-21(6-2)19-29-25(27)23-16-12-15-22(18-23)24(26)28-17-11-9-8-10-13-20(3)4;1-5-9-12-19(7-3)17-27-23(25)21-14-11-15-22(16-21)24(26)28-18-20(8-4)13-10-6-2;/h13,16-17,20-22H,5-12,14-15,18-19H2,1-4H3;12,15-16,18,20-21H,5-11,13-14,17,19H2,1-4H3;11,14-16,19-20H,5-10,12-13,17-18H2,1-4H3;1H4. The van der Waals surface area contributed by atoms with Crippen LogP contribution in [0, 0.1) is 35.5 Å². The summed E-state index contributed by atoms with van der Waals surface area (Å²) < 4.78 is 32.5. The fourth-order valence-corrected chi connectivity index (χ4v) is 9.61. The van der Waals surface area contributed by atoms with Gasteiger partial charge in [0.25, 0.3) is 0 Å². The van der Waals surface area contributed by atoms with E-state index < -0.39 is 0 Å². The van der Waals surface area contributed by atoms with E-state index in [1.165, 1.54) is 57.8 Å². The molecule has 0 bridgehead atoms. The molecular formula is C76H124O12. The van der Waals surface area contributed by atoms with Crippen molar-refractivity contribution in [1.29, 1.82) is 0 Å². The van der Waals surface area contributed by atoms with Crippen molar-refractivity contribution in [3.05, 3.63) is 106 Å². The highest BCUT2D eigenvalue weighted by Gasteiger charge is 2.19. The van der Waals surface area contributed by atoms with Gasteiger partial charge in [-0.1, -0.05) is 244 Å². The number of hydrogen-bond acceptors (Lipinski definition) is 12. The third-order valence-electron chi connectivity index (χ3n) is 15.7. The van der Waals surface area contributed by atoms with Gasteiger partial charge in [0.2, 0.25) is 0 Å². The van der Waals surface area contributed by atoms with Gasteiger partial charge in [-0.3, -0.25) is 0 Å².